The molecular formula is C16H14N4O2. The van der Waals surface area contributed by atoms with Crippen molar-refractivity contribution in [3.05, 3.63) is 65.7 Å². The molecule has 0 saturated carbocycles. The lowest BCUT2D eigenvalue weighted by atomic mass is 10.1. The normalized spacial score (nSPS) is 10.4. The van der Waals surface area contributed by atoms with Gasteiger partial charge in [0, 0.05) is 17.3 Å². The number of carbonyl (C=O) groups is 1. The highest BCUT2D eigenvalue weighted by atomic mass is 16.5. The third-order valence-electron chi connectivity index (χ3n) is 3.08. The molecule has 1 aromatic carbocycles. The summed E-state index contributed by atoms with van der Waals surface area (Å²) in [7, 11) is 0. The van der Waals surface area contributed by atoms with Crippen molar-refractivity contribution in [2.45, 2.75) is 13.5 Å². The van der Waals surface area contributed by atoms with Crippen LogP contribution in [0.5, 0.6) is 0 Å². The molecule has 2 aromatic heterocycles. The molecule has 1 amide bonds. The number of carbonyl (C=O) groups excluding carboxylic acids is 1. The number of pyridine rings is 1. The quantitative estimate of drug-likeness (QED) is 0.799. The molecule has 6 heteroatoms. The second-order valence-electron chi connectivity index (χ2n) is 4.73. The topological polar surface area (TPSA) is 80.9 Å². The average molecular weight is 294 g/mol. The molecule has 3 aromatic rings. The molecule has 0 atom stereocenters. The number of benzene rings is 1. The maximum absolute atomic E-state index is 12.1. The minimum Gasteiger partial charge on any atom is -0.346 e. The van der Waals surface area contributed by atoms with Gasteiger partial charge in [0.25, 0.3) is 11.8 Å². The Labute approximate surface area is 127 Å². The average Bonchev–Trinajstić information content (AvgIpc) is 3.00. The first kappa shape index (κ1) is 13.9. The third-order valence-corrected chi connectivity index (χ3v) is 3.08. The Hall–Kier alpha value is -3.02. The number of rotatable bonds is 4. The van der Waals surface area contributed by atoms with Gasteiger partial charge >= 0.3 is 0 Å². The smallest absolute Gasteiger partial charge is 0.257 e. The van der Waals surface area contributed by atoms with E-state index in [2.05, 4.69) is 20.4 Å². The molecular weight excluding hydrogens is 280 g/mol. The van der Waals surface area contributed by atoms with Crippen LogP contribution in [0, 0.1) is 6.92 Å². The van der Waals surface area contributed by atoms with Crippen LogP contribution in [0.15, 0.2) is 53.2 Å². The van der Waals surface area contributed by atoms with Gasteiger partial charge in [-0.3, -0.25) is 9.78 Å². The highest BCUT2D eigenvalue weighted by Crippen LogP contribution is 2.17. The van der Waals surface area contributed by atoms with Crippen molar-refractivity contribution < 1.29 is 9.32 Å². The summed E-state index contributed by atoms with van der Waals surface area (Å²) in [5.74, 6) is 0.865. The minimum absolute atomic E-state index is 0.154. The minimum atomic E-state index is -0.154. The first-order valence-electron chi connectivity index (χ1n) is 6.81. The summed E-state index contributed by atoms with van der Waals surface area (Å²) in [5.41, 5.74) is 2.16. The number of aromatic nitrogens is 3. The Morgan fingerprint density at radius 2 is 2.00 bits per heavy atom. The van der Waals surface area contributed by atoms with E-state index in [0.29, 0.717) is 23.8 Å². The molecule has 0 spiro atoms. The molecule has 0 fully saturated rings. The van der Waals surface area contributed by atoms with Gasteiger partial charge in [0.1, 0.15) is 0 Å². The molecule has 0 bridgehead atoms. The summed E-state index contributed by atoms with van der Waals surface area (Å²) in [5, 5.41) is 6.57. The Morgan fingerprint density at radius 1 is 1.18 bits per heavy atom. The fraction of sp³-hybridized carbons (Fsp3) is 0.125. The van der Waals surface area contributed by atoms with Crippen molar-refractivity contribution in [1.29, 1.82) is 0 Å². The van der Waals surface area contributed by atoms with Crippen molar-refractivity contribution in [1.82, 2.24) is 20.4 Å². The summed E-state index contributed by atoms with van der Waals surface area (Å²) in [4.78, 5) is 20.4. The van der Waals surface area contributed by atoms with E-state index in [9.17, 15) is 4.79 Å². The molecule has 22 heavy (non-hydrogen) atoms. The van der Waals surface area contributed by atoms with Crippen molar-refractivity contribution in [3.8, 4) is 11.5 Å². The van der Waals surface area contributed by atoms with E-state index in [0.717, 1.165) is 11.3 Å². The number of aryl methyl sites for hydroxylation is 1. The van der Waals surface area contributed by atoms with Crippen LogP contribution in [0.1, 0.15) is 21.9 Å². The van der Waals surface area contributed by atoms with E-state index in [-0.39, 0.29) is 5.91 Å². The molecule has 0 aliphatic heterocycles. The fourth-order valence-corrected chi connectivity index (χ4v) is 1.95. The molecule has 3 rings (SSSR count). The first-order chi connectivity index (χ1) is 10.7. The van der Waals surface area contributed by atoms with Crippen LogP contribution < -0.4 is 5.32 Å². The largest absolute Gasteiger partial charge is 0.346 e. The molecule has 2 heterocycles. The SMILES string of the molecule is Cc1noc(-c2ccc(C(=O)NCc3ccccn3)cc2)n1. The highest BCUT2D eigenvalue weighted by molar-refractivity contribution is 5.94. The van der Waals surface area contributed by atoms with Crippen LogP contribution in [0.4, 0.5) is 0 Å². The van der Waals surface area contributed by atoms with Gasteiger partial charge in [-0.2, -0.15) is 4.98 Å². The van der Waals surface area contributed by atoms with Crippen molar-refractivity contribution >= 4 is 5.91 Å². The lowest BCUT2D eigenvalue weighted by molar-refractivity contribution is 0.0950. The highest BCUT2D eigenvalue weighted by Gasteiger charge is 2.09. The molecule has 0 saturated heterocycles. The molecule has 0 radical (unpaired) electrons. The Bertz CT molecular complexity index is 766. The number of hydrogen-bond donors (Lipinski definition) is 1. The van der Waals surface area contributed by atoms with Gasteiger partial charge in [-0.15, -0.1) is 0 Å². The zero-order valence-corrected chi connectivity index (χ0v) is 12.0. The predicted octanol–water partition coefficient (Wildman–Crippen LogP) is 2.37. The first-order valence-corrected chi connectivity index (χ1v) is 6.81. The van der Waals surface area contributed by atoms with E-state index < -0.39 is 0 Å². The van der Waals surface area contributed by atoms with Crippen LogP contribution >= 0.6 is 0 Å². The summed E-state index contributed by atoms with van der Waals surface area (Å²) >= 11 is 0. The Balaban J connectivity index is 1.66. The fourth-order valence-electron chi connectivity index (χ4n) is 1.95. The molecule has 0 unspecified atom stereocenters. The predicted molar refractivity (Wildman–Crippen MR) is 79.9 cm³/mol. The molecule has 1 N–H and O–H groups in total. The third kappa shape index (κ3) is 3.17. The van der Waals surface area contributed by atoms with Crippen LogP contribution in [0.25, 0.3) is 11.5 Å². The number of nitrogens with one attached hydrogen (secondary N) is 1. The summed E-state index contributed by atoms with van der Waals surface area (Å²) in [6.07, 6.45) is 1.70. The van der Waals surface area contributed by atoms with E-state index in [1.54, 1.807) is 37.4 Å². The van der Waals surface area contributed by atoms with Crippen LogP contribution in [0.2, 0.25) is 0 Å². The van der Waals surface area contributed by atoms with Gasteiger partial charge in [0.2, 0.25) is 0 Å². The molecule has 0 aliphatic carbocycles. The van der Waals surface area contributed by atoms with E-state index in [1.165, 1.54) is 0 Å². The van der Waals surface area contributed by atoms with Gasteiger partial charge in [0.15, 0.2) is 5.82 Å². The lowest BCUT2D eigenvalue weighted by Crippen LogP contribution is -2.23. The van der Waals surface area contributed by atoms with E-state index in [4.69, 9.17) is 4.52 Å². The maximum Gasteiger partial charge on any atom is 0.257 e. The Morgan fingerprint density at radius 3 is 2.64 bits per heavy atom. The maximum atomic E-state index is 12.1. The van der Waals surface area contributed by atoms with Gasteiger partial charge in [-0.05, 0) is 43.3 Å². The van der Waals surface area contributed by atoms with Gasteiger partial charge in [0.05, 0.1) is 12.2 Å². The van der Waals surface area contributed by atoms with Crippen molar-refractivity contribution in [3.63, 3.8) is 0 Å². The summed E-state index contributed by atoms with van der Waals surface area (Å²) < 4.78 is 5.09. The van der Waals surface area contributed by atoms with Crippen LogP contribution in [-0.2, 0) is 6.54 Å². The molecule has 6 nitrogen and oxygen atoms in total. The lowest BCUT2D eigenvalue weighted by Gasteiger charge is -2.05. The zero-order chi connectivity index (χ0) is 15.4. The number of amides is 1. The van der Waals surface area contributed by atoms with E-state index in [1.807, 2.05) is 18.2 Å². The second kappa shape index (κ2) is 6.17. The van der Waals surface area contributed by atoms with E-state index >= 15 is 0 Å². The van der Waals surface area contributed by atoms with Gasteiger partial charge in [-0.25, -0.2) is 0 Å². The number of hydrogen-bond acceptors (Lipinski definition) is 5. The molecule has 110 valence electrons. The van der Waals surface area contributed by atoms with Crippen LogP contribution in [-0.4, -0.2) is 21.0 Å². The van der Waals surface area contributed by atoms with Crippen LogP contribution in [0.3, 0.4) is 0 Å². The van der Waals surface area contributed by atoms with Gasteiger partial charge in [-0.1, -0.05) is 11.2 Å². The zero-order valence-electron chi connectivity index (χ0n) is 12.0. The Kier molecular flexibility index (Phi) is 3.91. The molecule has 0 aliphatic rings. The summed E-state index contributed by atoms with van der Waals surface area (Å²) in [6.45, 7) is 2.15. The second-order valence-corrected chi connectivity index (χ2v) is 4.73. The van der Waals surface area contributed by atoms with Gasteiger partial charge < -0.3 is 9.84 Å². The summed E-state index contributed by atoms with van der Waals surface area (Å²) in [6, 6.07) is 12.6. The standard InChI is InChI=1S/C16H14N4O2/c1-11-19-16(22-20-11)13-7-5-12(6-8-13)15(21)18-10-14-4-2-3-9-17-14/h2-9H,10H2,1H3,(H,18,21). The monoisotopic (exact) mass is 294 g/mol. The van der Waals surface area contributed by atoms with Crippen molar-refractivity contribution in [2.24, 2.45) is 0 Å². The number of nitrogens with zero attached hydrogens (tertiary/aromatic N) is 3. The van der Waals surface area contributed by atoms with Crippen molar-refractivity contribution in [2.75, 3.05) is 0 Å².